The maximum Gasteiger partial charge on any atom is 0.405 e. The largest absolute Gasteiger partial charge is 0.405 e. The molecule has 0 aromatic carbocycles. The first-order valence-electron chi connectivity index (χ1n) is 7.86. The van der Waals surface area contributed by atoms with E-state index >= 15 is 0 Å². The molecular weight excluding hydrogens is 365 g/mol. The lowest BCUT2D eigenvalue weighted by Gasteiger charge is -2.14. The molecule has 0 atom stereocenters. The van der Waals surface area contributed by atoms with E-state index in [9.17, 15) is 18.0 Å². The molecule has 0 aliphatic rings. The van der Waals surface area contributed by atoms with Crippen molar-refractivity contribution in [2.45, 2.75) is 12.7 Å². The van der Waals surface area contributed by atoms with Crippen LogP contribution in [-0.4, -0.2) is 44.0 Å². The molecule has 27 heavy (non-hydrogen) atoms. The summed E-state index contributed by atoms with van der Waals surface area (Å²) in [5.74, 6) is 0.334. The predicted octanol–water partition coefficient (Wildman–Crippen LogP) is 1.90. The Balaban J connectivity index is 2.09. The van der Waals surface area contributed by atoms with Gasteiger partial charge in [0, 0.05) is 25.1 Å². The summed E-state index contributed by atoms with van der Waals surface area (Å²) >= 11 is 0. The Labute approximate surface area is 150 Å². The second-order valence-electron chi connectivity index (χ2n) is 5.54. The SMILES string of the molecule is O=c1c2c(NCC(F)(F)F)nc(Nc3cnccn3)cc2ccn1CCO. The Kier molecular flexibility index (Phi) is 5.21. The molecule has 8 nitrogen and oxygen atoms in total. The number of pyridine rings is 2. The fourth-order valence-corrected chi connectivity index (χ4v) is 2.46. The van der Waals surface area contributed by atoms with E-state index in [1.807, 2.05) is 0 Å². The first kappa shape index (κ1) is 18.6. The van der Waals surface area contributed by atoms with Gasteiger partial charge >= 0.3 is 6.18 Å². The molecule has 0 radical (unpaired) electrons. The van der Waals surface area contributed by atoms with Crippen LogP contribution in [0.15, 0.2) is 41.7 Å². The Hall–Kier alpha value is -3.21. The molecule has 0 aliphatic carbocycles. The minimum atomic E-state index is -4.48. The minimum absolute atomic E-state index is 0.0000964. The second-order valence-corrected chi connectivity index (χ2v) is 5.54. The van der Waals surface area contributed by atoms with Crippen LogP contribution in [0.25, 0.3) is 10.8 Å². The smallest absolute Gasteiger partial charge is 0.395 e. The number of nitrogens with one attached hydrogen (secondary N) is 2. The number of anilines is 3. The van der Waals surface area contributed by atoms with Crippen LogP contribution in [0.1, 0.15) is 0 Å². The average molecular weight is 380 g/mol. The lowest BCUT2D eigenvalue weighted by atomic mass is 10.2. The van der Waals surface area contributed by atoms with Crippen molar-refractivity contribution >= 4 is 28.2 Å². The number of hydrogen-bond acceptors (Lipinski definition) is 7. The lowest BCUT2D eigenvalue weighted by Crippen LogP contribution is -2.25. The first-order chi connectivity index (χ1) is 12.9. The molecule has 3 aromatic rings. The van der Waals surface area contributed by atoms with E-state index in [0.29, 0.717) is 11.2 Å². The highest BCUT2D eigenvalue weighted by molar-refractivity contribution is 5.93. The molecule has 0 fully saturated rings. The molecule has 0 saturated heterocycles. The molecule has 11 heteroatoms. The van der Waals surface area contributed by atoms with Crippen LogP contribution >= 0.6 is 0 Å². The fourth-order valence-electron chi connectivity index (χ4n) is 2.46. The van der Waals surface area contributed by atoms with Crippen LogP contribution in [0, 0.1) is 0 Å². The van der Waals surface area contributed by atoms with Crippen LogP contribution in [0.4, 0.5) is 30.6 Å². The summed E-state index contributed by atoms with van der Waals surface area (Å²) < 4.78 is 39.2. The number of aromatic nitrogens is 4. The maximum absolute atomic E-state index is 12.6. The summed E-state index contributed by atoms with van der Waals surface area (Å²) in [4.78, 5) is 24.6. The van der Waals surface area contributed by atoms with Gasteiger partial charge in [-0.25, -0.2) is 9.97 Å². The van der Waals surface area contributed by atoms with Gasteiger partial charge in [-0.15, -0.1) is 0 Å². The van der Waals surface area contributed by atoms with Gasteiger partial charge in [0.15, 0.2) is 0 Å². The van der Waals surface area contributed by atoms with E-state index in [1.54, 1.807) is 6.07 Å². The zero-order valence-electron chi connectivity index (χ0n) is 13.9. The zero-order valence-corrected chi connectivity index (χ0v) is 13.9. The fraction of sp³-hybridized carbons (Fsp3) is 0.250. The lowest BCUT2D eigenvalue weighted by molar-refractivity contribution is -0.115. The molecule has 142 valence electrons. The first-order valence-corrected chi connectivity index (χ1v) is 7.86. The van der Waals surface area contributed by atoms with Crippen molar-refractivity contribution in [2.24, 2.45) is 0 Å². The van der Waals surface area contributed by atoms with E-state index in [1.165, 1.54) is 35.4 Å². The number of fused-ring (bicyclic) bond motifs is 1. The Morgan fingerprint density at radius 1 is 1.22 bits per heavy atom. The number of aliphatic hydroxyl groups is 1. The second kappa shape index (κ2) is 7.58. The zero-order chi connectivity index (χ0) is 19.4. The molecule has 0 bridgehead atoms. The molecule has 0 aliphatic heterocycles. The number of aliphatic hydroxyl groups excluding tert-OH is 1. The van der Waals surface area contributed by atoms with Gasteiger partial charge in [0.25, 0.3) is 5.56 Å². The van der Waals surface area contributed by atoms with Crippen LogP contribution in [0.3, 0.4) is 0 Å². The molecule has 3 heterocycles. The number of alkyl halides is 3. The highest BCUT2D eigenvalue weighted by Gasteiger charge is 2.27. The predicted molar refractivity (Wildman–Crippen MR) is 92.9 cm³/mol. The monoisotopic (exact) mass is 380 g/mol. The highest BCUT2D eigenvalue weighted by Crippen LogP contribution is 2.25. The number of hydrogen-bond donors (Lipinski definition) is 3. The summed E-state index contributed by atoms with van der Waals surface area (Å²) in [6.07, 6.45) is 1.31. The number of nitrogens with zero attached hydrogens (tertiary/aromatic N) is 4. The van der Waals surface area contributed by atoms with Crippen LogP contribution < -0.4 is 16.2 Å². The van der Waals surface area contributed by atoms with E-state index in [4.69, 9.17) is 5.11 Å². The number of halogens is 3. The van der Waals surface area contributed by atoms with E-state index in [-0.39, 0.29) is 30.2 Å². The van der Waals surface area contributed by atoms with Gasteiger partial charge in [-0.3, -0.25) is 9.78 Å². The molecule has 3 rings (SSSR count). The number of rotatable bonds is 6. The summed E-state index contributed by atoms with van der Waals surface area (Å²) in [6, 6.07) is 3.09. The van der Waals surface area contributed by atoms with Gasteiger partial charge in [0.2, 0.25) is 0 Å². The van der Waals surface area contributed by atoms with Gasteiger partial charge in [0.05, 0.1) is 18.2 Å². The van der Waals surface area contributed by atoms with Crippen molar-refractivity contribution < 1.29 is 18.3 Å². The topological polar surface area (TPSA) is 105 Å². The normalized spacial score (nSPS) is 11.6. The molecule has 0 saturated carbocycles. The van der Waals surface area contributed by atoms with Crippen molar-refractivity contribution in [2.75, 3.05) is 23.8 Å². The third-order valence-corrected chi connectivity index (χ3v) is 3.58. The van der Waals surface area contributed by atoms with Gasteiger partial charge in [-0.05, 0) is 17.5 Å². The Morgan fingerprint density at radius 3 is 2.70 bits per heavy atom. The third-order valence-electron chi connectivity index (χ3n) is 3.58. The quantitative estimate of drug-likeness (QED) is 0.600. The average Bonchev–Trinajstić information content (AvgIpc) is 2.62. The van der Waals surface area contributed by atoms with Gasteiger partial charge in [0.1, 0.15) is 24.0 Å². The van der Waals surface area contributed by atoms with Crippen molar-refractivity contribution in [1.82, 2.24) is 19.5 Å². The van der Waals surface area contributed by atoms with Gasteiger partial charge in [-0.2, -0.15) is 13.2 Å². The van der Waals surface area contributed by atoms with Crippen LogP contribution in [0.2, 0.25) is 0 Å². The van der Waals surface area contributed by atoms with Crippen LogP contribution in [-0.2, 0) is 6.54 Å². The Morgan fingerprint density at radius 2 is 2.04 bits per heavy atom. The standard InChI is InChI=1S/C16H15F3N6O2/c17-16(18,19)9-22-14-13-10(1-4-25(5-6-26)15(13)27)7-11(24-14)23-12-8-20-2-3-21-12/h1-4,7-8,26H,5-6,9H2,(H2,21,22,23,24). The van der Waals surface area contributed by atoms with E-state index < -0.39 is 18.3 Å². The van der Waals surface area contributed by atoms with E-state index in [2.05, 4.69) is 25.6 Å². The molecule has 0 amide bonds. The maximum atomic E-state index is 12.6. The molecule has 3 N–H and O–H groups in total. The molecule has 0 spiro atoms. The molecule has 3 aromatic heterocycles. The third kappa shape index (κ3) is 4.50. The molecular formula is C16H15F3N6O2. The van der Waals surface area contributed by atoms with Crippen molar-refractivity contribution in [3.05, 3.63) is 47.3 Å². The minimum Gasteiger partial charge on any atom is -0.395 e. The Bertz CT molecular complexity index is 991. The van der Waals surface area contributed by atoms with Crippen molar-refractivity contribution in [3.8, 4) is 0 Å². The highest BCUT2D eigenvalue weighted by atomic mass is 19.4. The van der Waals surface area contributed by atoms with Crippen LogP contribution in [0.5, 0.6) is 0 Å². The summed E-state index contributed by atoms with van der Waals surface area (Å²) in [5.41, 5.74) is -0.551. The summed E-state index contributed by atoms with van der Waals surface area (Å²) in [5, 5.41) is 14.4. The van der Waals surface area contributed by atoms with E-state index in [0.717, 1.165) is 0 Å². The van der Waals surface area contributed by atoms with Gasteiger partial charge in [-0.1, -0.05) is 0 Å². The molecule has 0 unspecified atom stereocenters. The summed E-state index contributed by atoms with van der Waals surface area (Å²) in [6.45, 7) is -1.61. The summed E-state index contributed by atoms with van der Waals surface area (Å²) in [7, 11) is 0. The van der Waals surface area contributed by atoms with Gasteiger partial charge < -0.3 is 20.3 Å². The van der Waals surface area contributed by atoms with Crippen molar-refractivity contribution in [3.63, 3.8) is 0 Å². The van der Waals surface area contributed by atoms with Crippen molar-refractivity contribution in [1.29, 1.82) is 0 Å².